The molecule has 0 aromatic carbocycles. The smallest absolute Gasteiger partial charge is 0.414 e. The van der Waals surface area contributed by atoms with Gasteiger partial charge in [-0.3, -0.25) is 0 Å². The molecule has 70 valence electrons. The minimum Gasteiger partial charge on any atom is -0.414 e. The highest BCUT2D eigenvalue weighted by Gasteiger charge is 2.46. The summed E-state index contributed by atoms with van der Waals surface area (Å²) >= 11 is 0. The van der Waals surface area contributed by atoms with E-state index in [0.717, 1.165) is 8.96 Å². The zero-order valence-corrected chi connectivity index (χ0v) is 7.14. The molecule has 6 heteroatoms. The maximum Gasteiger partial charge on any atom is 0.641 e. The first-order chi connectivity index (χ1) is 6.69. The van der Waals surface area contributed by atoms with Crippen molar-refractivity contribution >= 4 is 24.8 Å². The van der Waals surface area contributed by atoms with E-state index in [1.807, 2.05) is 0 Å². The topological polar surface area (TPSA) is 20.3 Å². The lowest BCUT2D eigenvalue weighted by Crippen LogP contribution is -2.50. The predicted molar refractivity (Wildman–Crippen MR) is 50.4 cm³/mol. The molecule has 14 heavy (non-hydrogen) atoms. The number of hydrogen-bond donors (Lipinski definition) is 0. The molecular weight excluding hydrogens is 187 g/mol. The van der Waals surface area contributed by atoms with Crippen LogP contribution < -0.4 is 0 Å². The van der Waals surface area contributed by atoms with Gasteiger partial charge < -0.3 is 17.6 Å². The summed E-state index contributed by atoms with van der Waals surface area (Å²) in [5.41, 5.74) is 0. The summed E-state index contributed by atoms with van der Waals surface area (Å²) in [7, 11) is 0. The van der Waals surface area contributed by atoms with Crippen molar-refractivity contribution < 1.29 is 13.1 Å². The highest BCUT2D eigenvalue weighted by atomic mass is 19.2. The minimum atomic E-state index is -3.75. The van der Waals surface area contributed by atoms with Crippen LogP contribution in [-0.4, -0.2) is 28.0 Å². The Bertz CT molecular complexity index is 498. The number of fused-ring (bicyclic) bond motifs is 2. The van der Waals surface area contributed by atoms with E-state index in [0.29, 0.717) is 11.7 Å². The lowest BCUT2D eigenvalue weighted by molar-refractivity contribution is -0.287. The second-order valence-corrected chi connectivity index (χ2v) is 3.25. The quantitative estimate of drug-likeness (QED) is 0.555. The molecule has 0 fully saturated rings. The molecule has 2 aliphatic rings. The zero-order chi connectivity index (χ0) is 9.76. The second-order valence-electron chi connectivity index (χ2n) is 3.25. The summed E-state index contributed by atoms with van der Waals surface area (Å²) in [6.07, 6.45) is 5.84. The van der Waals surface area contributed by atoms with Crippen molar-refractivity contribution in [3.05, 3.63) is 30.5 Å². The number of halogens is 2. The first-order valence-corrected chi connectivity index (χ1v) is 4.27. The average Bonchev–Trinajstić information content (AvgIpc) is 2.71. The van der Waals surface area contributed by atoms with Crippen LogP contribution in [-0.2, 0) is 0 Å². The van der Waals surface area contributed by atoms with Gasteiger partial charge in [0.1, 0.15) is 0 Å². The highest BCUT2D eigenvalue weighted by molar-refractivity contribution is 6.59. The normalized spacial score (nSPS) is 21.3. The number of aromatic nitrogens is 1. The van der Waals surface area contributed by atoms with Crippen LogP contribution in [0.1, 0.15) is 0 Å². The predicted octanol–water partition coefficient (Wildman–Crippen LogP) is 1.41. The lowest BCUT2D eigenvalue weighted by Gasteiger charge is -2.27. The summed E-state index contributed by atoms with van der Waals surface area (Å²) in [6, 6.07) is 3.15. The fraction of sp³-hybridized carbons (Fsp3) is 0. The molecule has 0 atom stereocenters. The summed E-state index contributed by atoms with van der Waals surface area (Å²) in [5.74, 6) is 0.613. The lowest BCUT2D eigenvalue weighted by atomic mass is 9.95. The van der Waals surface area contributed by atoms with E-state index in [-0.39, 0.29) is 0 Å². The molecule has 3 heterocycles. The molecule has 0 bridgehead atoms. The van der Waals surface area contributed by atoms with Gasteiger partial charge in [-0.2, -0.15) is 0 Å². The molecule has 0 radical (unpaired) electrons. The van der Waals surface area contributed by atoms with Gasteiger partial charge in [-0.25, -0.2) is 0 Å². The Kier molecular flexibility index (Phi) is 1.21. The molecule has 0 aliphatic carbocycles. The SMILES string of the molecule is F[B-]1(F)n2cccc2N=C2C=CC=[N+]21. The molecule has 0 amide bonds. The van der Waals surface area contributed by atoms with E-state index in [4.69, 9.17) is 0 Å². The van der Waals surface area contributed by atoms with Gasteiger partial charge in [0, 0.05) is 18.4 Å². The van der Waals surface area contributed by atoms with Gasteiger partial charge in [-0.15, -0.1) is 0 Å². The Morgan fingerprint density at radius 1 is 1.43 bits per heavy atom. The fourth-order valence-electron chi connectivity index (χ4n) is 1.74. The Morgan fingerprint density at radius 2 is 2.29 bits per heavy atom. The Balaban J connectivity index is 2.32. The number of allylic oxidation sites excluding steroid dienone is 1. The Hall–Kier alpha value is -1.72. The molecule has 0 saturated carbocycles. The molecule has 1 aromatic heterocycles. The summed E-state index contributed by atoms with van der Waals surface area (Å²) in [5, 5.41) is 0. The van der Waals surface area contributed by atoms with Crippen LogP contribution in [0.5, 0.6) is 0 Å². The van der Waals surface area contributed by atoms with Crippen LogP contribution >= 0.6 is 0 Å². The van der Waals surface area contributed by atoms with Crippen molar-refractivity contribution in [1.29, 1.82) is 0 Å². The van der Waals surface area contributed by atoms with E-state index < -0.39 is 6.97 Å². The van der Waals surface area contributed by atoms with Gasteiger partial charge >= 0.3 is 6.97 Å². The van der Waals surface area contributed by atoms with Crippen LogP contribution in [0.25, 0.3) is 0 Å². The monoisotopic (exact) mass is 193 g/mol. The van der Waals surface area contributed by atoms with Gasteiger partial charge in [-0.05, 0) is 23.3 Å². The largest absolute Gasteiger partial charge is 0.641 e. The van der Waals surface area contributed by atoms with Gasteiger partial charge in [0.15, 0.2) is 0 Å². The molecule has 0 unspecified atom stereocenters. The Labute approximate surface area is 78.7 Å². The van der Waals surface area contributed by atoms with E-state index in [9.17, 15) is 8.63 Å². The number of hydrogen-bond acceptors (Lipinski definition) is 1. The molecular formula is C8H6BF2N3. The highest BCUT2D eigenvalue weighted by Crippen LogP contribution is 2.28. The van der Waals surface area contributed by atoms with Crippen LogP contribution in [0.15, 0.2) is 35.5 Å². The van der Waals surface area contributed by atoms with Crippen LogP contribution in [0, 0.1) is 0 Å². The van der Waals surface area contributed by atoms with Crippen molar-refractivity contribution in [3.63, 3.8) is 0 Å². The maximum atomic E-state index is 13.8. The van der Waals surface area contributed by atoms with E-state index in [2.05, 4.69) is 4.99 Å². The zero-order valence-electron chi connectivity index (χ0n) is 7.14. The maximum absolute atomic E-state index is 13.8. The van der Waals surface area contributed by atoms with Gasteiger partial charge in [-0.1, -0.05) is 0 Å². The molecule has 0 saturated heterocycles. The minimum absolute atomic E-state index is 0.307. The third-order valence-electron chi connectivity index (χ3n) is 2.41. The summed E-state index contributed by atoms with van der Waals surface area (Å²) in [6.45, 7) is -3.75. The van der Waals surface area contributed by atoms with Crippen molar-refractivity contribution in [2.45, 2.75) is 0 Å². The summed E-state index contributed by atoms with van der Waals surface area (Å²) < 4.78 is 29.4. The third kappa shape index (κ3) is 0.754. The molecule has 0 spiro atoms. The average molecular weight is 193 g/mol. The number of amidine groups is 1. The summed E-state index contributed by atoms with van der Waals surface area (Å²) in [4.78, 5) is 4.09. The third-order valence-corrected chi connectivity index (χ3v) is 2.41. The van der Waals surface area contributed by atoms with Crippen LogP contribution in [0.4, 0.5) is 14.4 Å². The molecule has 3 nitrogen and oxygen atoms in total. The van der Waals surface area contributed by atoms with Crippen molar-refractivity contribution in [3.8, 4) is 0 Å². The molecule has 3 rings (SSSR count). The van der Waals surface area contributed by atoms with Crippen molar-refractivity contribution in [2.75, 3.05) is 0 Å². The van der Waals surface area contributed by atoms with Gasteiger partial charge in [0.2, 0.25) is 5.82 Å². The number of nitrogens with zero attached hydrogens (tertiary/aromatic N) is 3. The van der Waals surface area contributed by atoms with Crippen LogP contribution in [0.3, 0.4) is 0 Å². The van der Waals surface area contributed by atoms with Crippen molar-refractivity contribution in [1.82, 2.24) is 4.48 Å². The van der Waals surface area contributed by atoms with Gasteiger partial charge in [0.25, 0.3) is 5.84 Å². The fourth-order valence-corrected chi connectivity index (χ4v) is 1.74. The first-order valence-electron chi connectivity index (χ1n) is 4.27. The van der Waals surface area contributed by atoms with E-state index in [1.54, 1.807) is 24.3 Å². The number of rotatable bonds is 0. The van der Waals surface area contributed by atoms with E-state index in [1.165, 1.54) is 12.4 Å². The second kappa shape index (κ2) is 2.20. The Morgan fingerprint density at radius 3 is 3.14 bits per heavy atom. The first kappa shape index (κ1) is 7.67. The van der Waals surface area contributed by atoms with E-state index >= 15 is 0 Å². The van der Waals surface area contributed by atoms with Crippen LogP contribution in [0.2, 0.25) is 0 Å². The standard InChI is InChI=1S/C8H6BF2N3/c10-9(11)13-5-1-3-7(13)12-8-4-2-6-14(8)9/h1-6H. The molecule has 2 aliphatic heterocycles. The molecule has 0 N–H and O–H groups in total. The number of aliphatic imine (C=N–C) groups is 1. The van der Waals surface area contributed by atoms with Gasteiger partial charge in [0.05, 0.1) is 0 Å². The molecule has 1 aromatic rings. The van der Waals surface area contributed by atoms with Crippen molar-refractivity contribution in [2.24, 2.45) is 4.99 Å².